The van der Waals surface area contributed by atoms with Crippen molar-refractivity contribution in [1.29, 1.82) is 0 Å². The number of rotatable bonds is 4. The molecule has 1 N–H and O–H groups in total. The molecule has 136 valence electrons. The standard InChI is InChI=1S/C21H20N4OS/c1-2-14-27-21-23-20(26)19-16-10-6-7-11-17(16)22-18(25(19)24-21)13-12-15-8-4-3-5-9-15/h3-13,18H,2,14H2,1H3,(H,23,24,26)/b13-12+/t18-/m0/s1. The Hall–Kier alpha value is -2.86. The maximum atomic E-state index is 12.8. The zero-order valence-electron chi connectivity index (χ0n) is 15.0. The minimum absolute atomic E-state index is 0.135. The van der Waals surface area contributed by atoms with Gasteiger partial charge in [-0.15, -0.1) is 5.10 Å². The van der Waals surface area contributed by atoms with E-state index in [4.69, 9.17) is 4.99 Å². The molecule has 0 unspecified atom stereocenters. The number of carbonyl (C=O) groups is 1. The summed E-state index contributed by atoms with van der Waals surface area (Å²) < 4.78 is 0. The zero-order chi connectivity index (χ0) is 18.6. The molecule has 2 aliphatic rings. The number of hydrogen-bond donors (Lipinski definition) is 1. The summed E-state index contributed by atoms with van der Waals surface area (Å²) in [5, 5.41) is 11.6. The van der Waals surface area contributed by atoms with E-state index in [0.717, 1.165) is 28.3 Å². The van der Waals surface area contributed by atoms with Crippen molar-refractivity contribution >= 4 is 34.6 Å². The van der Waals surface area contributed by atoms with E-state index >= 15 is 0 Å². The van der Waals surface area contributed by atoms with Crippen molar-refractivity contribution in [1.82, 2.24) is 10.3 Å². The Morgan fingerprint density at radius 3 is 2.74 bits per heavy atom. The Morgan fingerprint density at radius 1 is 1.15 bits per heavy atom. The van der Waals surface area contributed by atoms with Gasteiger partial charge in [-0.3, -0.25) is 15.1 Å². The summed E-state index contributed by atoms with van der Waals surface area (Å²) in [5.74, 6) is 0.768. The SMILES string of the molecule is CCCSC1=NN2C(=c3ccccc3=N[C@@H]2/C=C/c2ccccc2)C(=O)N1. The summed E-state index contributed by atoms with van der Waals surface area (Å²) in [6.07, 6.45) is 4.65. The van der Waals surface area contributed by atoms with Gasteiger partial charge in [-0.1, -0.05) is 73.3 Å². The van der Waals surface area contributed by atoms with Crippen LogP contribution in [0, 0.1) is 0 Å². The minimum atomic E-state index is -0.363. The lowest BCUT2D eigenvalue weighted by Crippen LogP contribution is -2.52. The molecule has 0 fully saturated rings. The topological polar surface area (TPSA) is 57.1 Å². The third-order valence-electron chi connectivity index (χ3n) is 4.25. The number of fused-ring (bicyclic) bond motifs is 2. The molecule has 2 aliphatic heterocycles. The number of nitrogens with zero attached hydrogens (tertiary/aromatic N) is 3. The third kappa shape index (κ3) is 3.66. The molecule has 0 spiro atoms. The summed E-state index contributed by atoms with van der Waals surface area (Å²) in [7, 11) is 0. The van der Waals surface area contributed by atoms with Crippen molar-refractivity contribution in [2.75, 3.05) is 5.75 Å². The molecule has 0 radical (unpaired) electrons. The van der Waals surface area contributed by atoms with Gasteiger partial charge in [-0.05, 0) is 24.1 Å². The number of amidine groups is 1. The molecule has 27 heavy (non-hydrogen) atoms. The largest absolute Gasteiger partial charge is 0.298 e. The lowest BCUT2D eigenvalue weighted by molar-refractivity contribution is -0.116. The molecule has 2 aromatic carbocycles. The molecule has 0 aliphatic carbocycles. The van der Waals surface area contributed by atoms with Gasteiger partial charge in [0.05, 0.1) is 5.36 Å². The molecule has 0 saturated heterocycles. The van der Waals surface area contributed by atoms with Crippen molar-refractivity contribution < 1.29 is 4.79 Å². The van der Waals surface area contributed by atoms with Crippen molar-refractivity contribution in [2.45, 2.75) is 19.5 Å². The number of carbonyl (C=O) groups excluding carboxylic acids is 1. The van der Waals surface area contributed by atoms with Gasteiger partial charge in [-0.25, -0.2) is 5.01 Å². The molecular formula is C21H20N4OS. The lowest BCUT2D eigenvalue weighted by Gasteiger charge is -2.32. The van der Waals surface area contributed by atoms with E-state index in [9.17, 15) is 4.79 Å². The van der Waals surface area contributed by atoms with Gasteiger partial charge in [-0.2, -0.15) is 0 Å². The van der Waals surface area contributed by atoms with Crippen LogP contribution in [0.2, 0.25) is 0 Å². The molecule has 6 heteroatoms. The summed E-state index contributed by atoms with van der Waals surface area (Å²) in [6.45, 7) is 2.10. The average Bonchev–Trinajstić information content (AvgIpc) is 2.71. The maximum Gasteiger partial charge on any atom is 0.276 e. The fraction of sp³-hybridized carbons (Fsp3) is 0.190. The van der Waals surface area contributed by atoms with E-state index in [1.807, 2.05) is 66.7 Å². The van der Waals surface area contributed by atoms with Gasteiger partial charge in [0.1, 0.15) is 5.70 Å². The Morgan fingerprint density at radius 2 is 1.93 bits per heavy atom. The van der Waals surface area contributed by atoms with Crippen LogP contribution in [0.25, 0.3) is 11.8 Å². The Kier molecular flexibility index (Phi) is 5.07. The van der Waals surface area contributed by atoms with Crippen LogP contribution >= 0.6 is 11.8 Å². The Bertz CT molecular complexity index is 1030. The molecule has 1 amide bonds. The predicted octanol–water partition coefficient (Wildman–Crippen LogP) is 2.31. The van der Waals surface area contributed by atoms with E-state index in [2.05, 4.69) is 17.3 Å². The second-order valence-electron chi connectivity index (χ2n) is 6.23. The monoisotopic (exact) mass is 376 g/mol. The first-order chi connectivity index (χ1) is 13.3. The van der Waals surface area contributed by atoms with Gasteiger partial charge >= 0.3 is 0 Å². The number of benzene rings is 2. The van der Waals surface area contributed by atoms with Crippen LogP contribution < -0.4 is 15.9 Å². The summed E-state index contributed by atoms with van der Waals surface area (Å²) in [6, 6.07) is 17.7. The van der Waals surface area contributed by atoms with E-state index in [0.29, 0.717) is 10.9 Å². The highest BCUT2D eigenvalue weighted by Gasteiger charge is 2.32. The van der Waals surface area contributed by atoms with Crippen LogP contribution in [-0.2, 0) is 4.79 Å². The van der Waals surface area contributed by atoms with Crippen molar-refractivity contribution in [3.63, 3.8) is 0 Å². The molecule has 0 aromatic heterocycles. The van der Waals surface area contributed by atoms with E-state index in [1.54, 1.807) is 16.8 Å². The fourth-order valence-corrected chi connectivity index (χ4v) is 3.71. The highest BCUT2D eigenvalue weighted by molar-refractivity contribution is 8.13. The van der Waals surface area contributed by atoms with Crippen LogP contribution in [0.3, 0.4) is 0 Å². The average molecular weight is 376 g/mol. The van der Waals surface area contributed by atoms with Gasteiger partial charge in [0.2, 0.25) is 0 Å². The van der Waals surface area contributed by atoms with Crippen molar-refractivity contribution in [3.05, 3.63) is 76.8 Å². The highest BCUT2D eigenvalue weighted by atomic mass is 32.2. The van der Waals surface area contributed by atoms with Gasteiger partial charge in [0.25, 0.3) is 5.91 Å². The van der Waals surface area contributed by atoms with Crippen LogP contribution in [-0.4, -0.2) is 28.0 Å². The lowest BCUT2D eigenvalue weighted by atomic mass is 10.1. The highest BCUT2D eigenvalue weighted by Crippen LogP contribution is 2.22. The van der Waals surface area contributed by atoms with Crippen LogP contribution in [0.5, 0.6) is 0 Å². The number of amides is 1. The first kappa shape index (κ1) is 17.5. The predicted molar refractivity (Wildman–Crippen MR) is 110 cm³/mol. The van der Waals surface area contributed by atoms with E-state index in [1.165, 1.54) is 0 Å². The molecule has 0 saturated carbocycles. The second kappa shape index (κ2) is 7.80. The first-order valence-corrected chi connectivity index (χ1v) is 9.97. The normalized spacial score (nSPS) is 18.5. The summed E-state index contributed by atoms with van der Waals surface area (Å²) >= 11 is 1.55. The molecule has 4 rings (SSSR count). The van der Waals surface area contributed by atoms with E-state index < -0.39 is 0 Å². The molecule has 2 aromatic rings. The number of para-hydroxylation sites is 1. The molecule has 0 bridgehead atoms. The maximum absolute atomic E-state index is 12.8. The van der Waals surface area contributed by atoms with Gasteiger partial charge in [0, 0.05) is 11.0 Å². The Balaban J connectivity index is 1.78. The van der Waals surface area contributed by atoms with Gasteiger partial charge in [0.15, 0.2) is 11.3 Å². The van der Waals surface area contributed by atoms with Crippen molar-refractivity contribution in [3.8, 4) is 0 Å². The van der Waals surface area contributed by atoms with Crippen LogP contribution in [0.1, 0.15) is 18.9 Å². The zero-order valence-corrected chi connectivity index (χ0v) is 15.8. The third-order valence-corrected chi connectivity index (χ3v) is 5.32. The fourth-order valence-electron chi connectivity index (χ4n) is 3.00. The van der Waals surface area contributed by atoms with Crippen molar-refractivity contribution in [2.24, 2.45) is 10.1 Å². The van der Waals surface area contributed by atoms with Crippen LogP contribution in [0.4, 0.5) is 0 Å². The van der Waals surface area contributed by atoms with Gasteiger partial charge < -0.3 is 0 Å². The molecule has 1 atom stereocenters. The number of hydrogen-bond acceptors (Lipinski definition) is 5. The quantitative estimate of drug-likeness (QED) is 0.891. The smallest absolute Gasteiger partial charge is 0.276 e. The first-order valence-electron chi connectivity index (χ1n) is 8.98. The van der Waals surface area contributed by atoms with Crippen LogP contribution in [0.15, 0.2) is 70.8 Å². The Labute approximate surface area is 162 Å². The summed E-state index contributed by atoms with van der Waals surface area (Å²) in [5.41, 5.74) is 1.63. The number of nitrogens with one attached hydrogen (secondary N) is 1. The molecular weight excluding hydrogens is 356 g/mol. The minimum Gasteiger partial charge on any atom is -0.298 e. The molecule has 2 heterocycles. The van der Waals surface area contributed by atoms with E-state index in [-0.39, 0.29) is 12.1 Å². The molecule has 5 nitrogen and oxygen atoms in total. The second-order valence-corrected chi connectivity index (χ2v) is 7.31. The number of hydrazone groups is 1. The number of thioether (sulfide) groups is 1. The summed E-state index contributed by atoms with van der Waals surface area (Å²) in [4.78, 5) is 17.7.